The molecule has 4 heteroatoms. The Balaban J connectivity index is 1.57. The zero-order valence-electron chi connectivity index (χ0n) is 18.0. The molecule has 0 amide bonds. The van der Waals surface area contributed by atoms with Crippen molar-refractivity contribution in [3.05, 3.63) is 115 Å². The van der Waals surface area contributed by atoms with Gasteiger partial charge in [0.05, 0.1) is 11.3 Å². The first kappa shape index (κ1) is 20.4. The number of alkyl halides is 3. The van der Waals surface area contributed by atoms with E-state index in [4.69, 9.17) is 0 Å². The van der Waals surface area contributed by atoms with Crippen LogP contribution in [0.15, 0.2) is 109 Å². The average Bonchev–Trinajstić information content (AvgIpc) is 2.87. The second-order valence-electron chi connectivity index (χ2n) is 8.36. The number of nitrogens with zero attached hydrogens (tertiary/aromatic N) is 1. The Morgan fingerprint density at radius 2 is 1.21 bits per heavy atom. The molecule has 6 rings (SSSR count). The largest absolute Gasteiger partial charge is 0.417 e. The maximum absolute atomic E-state index is 13.9. The lowest BCUT2D eigenvalue weighted by atomic mass is 9.94. The lowest BCUT2D eigenvalue weighted by Gasteiger charge is -2.15. The van der Waals surface area contributed by atoms with E-state index in [0.717, 1.165) is 32.7 Å². The molecule has 0 saturated heterocycles. The summed E-state index contributed by atoms with van der Waals surface area (Å²) in [6, 6.07) is 31.9. The Kier molecular flexibility index (Phi) is 4.63. The molecule has 6 aromatic rings. The number of fused-ring (bicyclic) bond motifs is 4. The second-order valence-corrected chi connectivity index (χ2v) is 8.36. The van der Waals surface area contributed by atoms with E-state index in [9.17, 15) is 13.2 Å². The summed E-state index contributed by atoms with van der Waals surface area (Å²) in [6.45, 7) is 0. The second kappa shape index (κ2) is 7.70. The van der Waals surface area contributed by atoms with Crippen LogP contribution in [-0.4, -0.2) is 4.98 Å². The van der Waals surface area contributed by atoms with Gasteiger partial charge < -0.3 is 0 Å². The van der Waals surface area contributed by atoms with Crippen LogP contribution in [0.5, 0.6) is 0 Å². The van der Waals surface area contributed by atoms with Crippen molar-refractivity contribution in [1.82, 2.24) is 4.98 Å². The van der Waals surface area contributed by atoms with Gasteiger partial charge in [0, 0.05) is 17.1 Å². The van der Waals surface area contributed by atoms with Crippen molar-refractivity contribution in [2.24, 2.45) is 0 Å². The minimum atomic E-state index is -4.46. The third-order valence-electron chi connectivity index (χ3n) is 6.31. The number of rotatable bonds is 2. The molecule has 0 bridgehead atoms. The fourth-order valence-electron chi connectivity index (χ4n) is 4.72. The Hall–Kier alpha value is -4.18. The van der Waals surface area contributed by atoms with Crippen LogP contribution in [0.4, 0.5) is 13.2 Å². The monoisotopic (exact) mass is 449 g/mol. The highest BCUT2D eigenvalue weighted by Gasteiger charge is 2.33. The summed E-state index contributed by atoms with van der Waals surface area (Å²) in [4.78, 5) is 4.51. The number of aromatic nitrogens is 1. The first-order valence-corrected chi connectivity index (χ1v) is 11.0. The van der Waals surface area contributed by atoms with E-state index < -0.39 is 11.7 Å². The van der Waals surface area contributed by atoms with Crippen molar-refractivity contribution in [1.29, 1.82) is 0 Å². The Morgan fingerprint density at radius 1 is 0.500 bits per heavy atom. The maximum Gasteiger partial charge on any atom is 0.417 e. The van der Waals surface area contributed by atoms with Gasteiger partial charge in [0.15, 0.2) is 0 Å². The minimum Gasteiger partial charge on any atom is -0.256 e. The molecule has 0 N–H and O–H groups in total. The van der Waals surface area contributed by atoms with E-state index in [-0.39, 0.29) is 5.39 Å². The molecule has 5 aromatic carbocycles. The van der Waals surface area contributed by atoms with Crippen LogP contribution in [0.1, 0.15) is 5.56 Å². The van der Waals surface area contributed by atoms with Crippen molar-refractivity contribution >= 4 is 32.3 Å². The highest BCUT2D eigenvalue weighted by atomic mass is 19.4. The van der Waals surface area contributed by atoms with Gasteiger partial charge in [0.25, 0.3) is 0 Å². The molecule has 0 saturated carbocycles. The smallest absolute Gasteiger partial charge is 0.256 e. The molecule has 0 radical (unpaired) electrons. The van der Waals surface area contributed by atoms with E-state index >= 15 is 0 Å². The molecule has 34 heavy (non-hydrogen) atoms. The van der Waals surface area contributed by atoms with E-state index in [1.54, 1.807) is 30.5 Å². The minimum absolute atomic E-state index is 0.192. The molecular weight excluding hydrogens is 431 g/mol. The van der Waals surface area contributed by atoms with E-state index in [1.165, 1.54) is 12.1 Å². The summed E-state index contributed by atoms with van der Waals surface area (Å²) in [5.41, 5.74) is 2.61. The zero-order chi connectivity index (χ0) is 23.3. The highest BCUT2D eigenvalue weighted by Crippen LogP contribution is 2.40. The summed E-state index contributed by atoms with van der Waals surface area (Å²) >= 11 is 0. The van der Waals surface area contributed by atoms with Crippen molar-refractivity contribution in [2.45, 2.75) is 6.18 Å². The van der Waals surface area contributed by atoms with Gasteiger partial charge in [-0.25, -0.2) is 0 Å². The lowest BCUT2D eigenvalue weighted by molar-refractivity contribution is -0.136. The van der Waals surface area contributed by atoms with Crippen molar-refractivity contribution < 1.29 is 13.2 Å². The molecule has 0 fully saturated rings. The summed E-state index contributed by atoms with van der Waals surface area (Å²) in [6.07, 6.45) is -2.79. The van der Waals surface area contributed by atoms with Crippen LogP contribution in [0.2, 0.25) is 0 Å². The quantitative estimate of drug-likeness (QED) is 0.241. The fraction of sp³-hybridized carbons (Fsp3) is 0.0333. The van der Waals surface area contributed by atoms with Crippen LogP contribution < -0.4 is 0 Å². The number of halogens is 3. The van der Waals surface area contributed by atoms with E-state index in [1.807, 2.05) is 36.4 Å². The molecule has 0 spiro atoms. The normalized spacial score (nSPS) is 12.0. The molecule has 0 aliphatic heterocycles. The van der Waals surface area contributed by atoms with Crippen LogP contribution >= 0.6 is 0 Å². The predicted octanol–water partition coefficient (Wildman–Crippen LogP) is 8.89. The van der Waals surface area contributed by atoms with Gasteiger partial charge in [0.1, 0.15) is 0 Å². The first-order chi connectivity index (χ1) is 16.5. The fourth-order valence-corrected chi connectivity index (χ4v) is 4.72. The third kappa shape index (κ3) is 3.39. The van der Waals surface area contributed by atoms with E-state index in [0.29, 0.717) is 16.6 Å². The van der Waals surface area contributed by atoms with Crippen molar-refractivity contribution in [3.63, 3.8) is 0 Å². The molecule has 0 unspecified atom stereocenters. The van der Waals surface area contributed by atoms with Crippen molar-refractivity contribution in [2.75, 3.05) is 0 Å². The molecule has 0 aliphatic rings. The number of benzene rings is 5. The lowest BCUT2D eigenvalue weighted by Crippen LogP contribution is -2.06. The van der Waals surface area contributed by atoms with Crippen LogP contribution in [0, 0.1) is 0 Å². The Morgan fingerprint density at radius 3 is 2.03 bits per heavy atom. The molecule has 1 nitrogen and oxygen atoms in total. The molecule has 164 valence electrons. The predicted molar refractivity (Wildman–Crippen MR) is 133 cm³/mol. The topological polar surface area (TPSA) is 12.9 Å². The van der Waals surface area contributed by atoms with Gasteiger partial charge >= 0.3 is 6.18 Å². The number of hydrogen-bond donors (Lipinski definition) is 0. The van der Waals surface area contributed by atoms with Crippen molar-refractivity contribution in [3.8, 4) is 22.4 Å². The van der Waals surface area contributed by atoms with Gasteiger partial charge in [-0.05, 0) is 62.3 Å². The molecular formula is C30H18F3N. The van der Waals surface area contributed by atoms with E-state index in [2.05, 4.69) is 35.3 Å². The summed E-state index contributed by atoms with van der Waals surface area (Å²) < 4.78 is 41.7. The van der Waals surface area contributed by atoms with Gasteiger partial charge in [-0.2, -0.15) is 13.2 Å². The van der Waals surface area contributed by atoms with Gasteiger partial charge in [-0.3, -0.25) is 4.98 Å². The van der Waals surface area contributed by atoms with Crippen LogP contribution in [-0.2, 0) is 6.18 Å². The summed E-state index contributed by atoms with van der Waals surface area (Å²) in [5, 5.41) is 4.63. The molecule has 1 aromatic heterocycles. The Labute approximate surface area is 194 Å². The van der Waals surface area contributed by atoms with Gasteiger partial charge in [-0.1, -0.05) is 78.9 Å². The average molecular weight is 449 g/mol. The SMILES string of the molecule is FC(F)(F)c1cc(-c2nccc3c2ccc2cc(-c4ccccc4)ccc23)cc2ccccc12. The molecule has 0 atom stereocenters. The Bertz CT molecular complexity index is 1690. The highest BCUT2D eigenvalue weighted by molar-refractivity contribution is 6.12. The zero-order valence-corrected chi connectivity index (χ0v) is 18.0. The van der Waals surface area contributed by atoms with Gasteiger partial charge in [-0.15, -0.1) is 0 Å². The standard InChI is InChI=1S/C30H18F3N/c31-30(32,33)28-18-23(17-21-8-4-5-9-25(21)28)29-27-13-11-22-16-20(19-6-2-1-3-7-19)10-12-24(22)26(27)14-15-34-29/h1-18H. The summed E-state index contributed by atoms with van der Waals surface area (Å²) in [7, 11) is 0. The first-order valence-electron chi connectivity index (χ1n) is 11.0. The van der Waals surface area contributed by atoms with Crippen LogP contribution in [0.25, 0.3) is 54.7 Å². The van der Waals surface area contributed by atoms with Crippen LogP contribution in [0.3, 0.4) is 0 Å². The maximum atomic E-state index is 13.9. The number of hydrogen-bond acceptors (Lipinski definition) is 1. The van der Waals surface area contributed by atoms with Gasteiger partial charge in [0.2, 0.25) is 0 Å². The number of pyridine rings is 1. The third-order valence-corrected chi connectivity index (χ3v) is 6.31. The molecule has 0 aliphatic carbocycles. The summed E-state index contributed by atoms with van der Waals surface area (Å²) in [5.74, 6) is 0. The molecule has 1 heterocycles.